The van der Waals surface area contributed by atoms with Crippen LogP contribution in [0.4, 0.5) is 13.2 Å². The van der Waals surface area contributed by atoms with Gasteiger partial charge < -0.3 is 10.1 Å². The van der Waals surface area contributed by atoms with Crippen LogP contribution >= 0.6 is 0 Å². The maximum atomic E-state index is 13.1. The van der Waals surface area contributed by atoms with Crippen molar-refractivity contribution in [1.29, 1.82) is 5.26 Å². The Kier molecular flexibility index (Phi) is 9.90. The van der Waals surface area contributed by atoms with Crippen LogP contribution in [0.3, 0.4) is 0 Å². The second-order valence-corrected chi connectivity index (χ2v) is 6.76. The highest BCUT2D eigenvalue weighted by Gasteiger charge is 2.34. The summed E-state index contributed by atoms with van der Waals surface area (Å²) in [7, 11) is 0. The number of halogens is 3. The molecule has 0 radical (unpaired) electrons. The minimum atomic E-state index is -4.69. The molecular weight excluding hydrogens is 393 g/mol. The number of ether oxygens (including phenoxy) is 1. The first-order chi connectivity index (χ1) is 14.2. The molecule has 0 spiro atoms. The maximum Gasteiger partial charge on any atom is 0.417 e. The van der Waals surface area contributed by atoms with Crippen molar-refractivity contribution in [2.75, 3.05) is 0 Å². The fourth-order valence-electron chi connectivity index (χ4n) is 2.63. The third-order valence-electron chi connectivity index (χ3n) is 3.98. The van der Waals surface area contributed by atoms with Crippen molar-refractivity contribution in [3.8, 4) is 11.8 Å². The summed E-state index contributed by atoms with van der Waals surface area (Å²) in [6.07, 6.45) is -5.30. The molecule has 0 saturated heterocycles. The molecule has 0 aliphatic carbocycles. The van der Waals surface area contributed by atoms with Crippen LogP contribution in [0.2, 0.25) is 0 Å². The molecule has 1 unspecified atom stereocenters. The molecule has 2 aromatic carbocycles. The van der Waals surface area contributed by atoms with Crippen molar-refractivity contribution in [2.24, 2.45) is 5.92 Å². The van der Waals surface area contributed by atoms with Crippen molar-refractivity contribution >= 4 is 5.91 Å². The summed E-state index contributed by atoms with van der Waals surface area (Å²) in [4.78, 5) is 12.6. The van der Waals surface area contributed by atoms with Gasteiger partial charge in [0.2, 0.25) is 0 Å². The van der Waals surface area contributed by atoms with Gasteiger partial charge in [-0.2, -0.15) is 18.4 Å². The fraction of sp³-hybridized carbons (Fsp3) is 0.391. The molecule has 2 aromatic rings. The lowest BCUT2D eigenvalue weighted by atomic mass is 10.0. The summed E-state index contributed by atoms with van der Waals surface area (Å²) >= 11 is 0. The highest BCUT2D eigenvalue weighted by Crippen LogP contribution is 2.34. The van der Waals surface area contributed by atoms with Gasteiger partial charge in [-0.15, -0.1) is 0 Å². The predicted octanol–water partition coefficient (Wildman–Crippen LogP) is 5.71. The Morgan fingerprint density at radius 1 is 1.13 bits per heavy atom. The molecule has 30 heavy (non-hydrogen) atoms. The minimum Gasteiger partial charge on any atom is -0.481 e. The van der Waals surface area contributed by atoms with E-state index in [-0.39, 0.29) is 11.7 Å². The van der Waals surface area contributed by atoms with E-state index in [1.807, 2.05) is 58.0 Å². The average Bonchev–Trinajstić information content (AvgIpc) is 2.72. The van der Waals surface area contributed by atoms with Crippen molar-refractivity contribution in [3.05, 3.63) is 65.2 Å². The van der Waals surface area contributed by atoms with Crippen LogP contribution in [0.5, 0.6) is 5.75 Å². The van der Waals surface area contributed by atoms with Gasteiger partial charge in [0.05, 0.1) is 17.2 Å². The zero-order valence-corrected chi connectivity index (χ0v) is 17.6. The first-order valence-corrected chi connectivity index (χ1v) is 9.80. The molecule has 0 aromatic heterocycles. The molecule has 0 aliphatic heterocycles. The van der Waals surface area contributed by atoms with E-state index in [2.05, 4.69) is 5.32 Å². The number of alkyl halides is 3. The second kappa shape index (κ2) is 11.9. The van der Waals surface area contributed by atoms with Gasteiger partial charge in [-0.3, -0.25) is 4.79 Å². The molecule has 2 rings (SSSR count). The largest absolute Gasteiger partial charge is 0.481 e. The van der Waals surface area contributed by atoms with E-state index < -0.39 is 29.3 Å². The standard InChI is InChI=1S/C21H21F3N2O2.C2H6/c1-14(2)10-19(20(27)26-13-15-6-4-3-5-7-15)28-17-9-8-16(12-25)18(11-17)21(22,23)24;1-2/h3-9,11,14,19H,10,13H2,1-2H3,(H,26,27);1-2H3. The summed E-state index contributed by atoms with van der Waals surface area (Å²) in [5.74, 6) is -0.421. The molecule has 0 saturated carbocycles. The Bertz CT molecular complexity index is 844. The zero-order chi connectivity index (χ0) is 22.7. The van der Waals surface area contributed by atoms with Gasteiger partial charge in [-0.1, -0.05) is 58.0 Å². The fourth-order valence-corrected chi connectivity index (χ4v) is 2.63. The molecule has 0 heterocycles. The lowest BCUT2D eigenvalue weighted by molar-refractivity contribution is -0.137. The van der Waals surface area contributed by atoms with Gasteiger partial charge in [-0.25, -0.2) is 0 Å². The molecule has 1 atom stereocenters. The average molecular weight is 420 g/mol. The lowest BCUT2D eigenvalue weighted by Crippen LogP contribution is -2.39. The summed E-state index contributed by atoms with van der Waals surface area (Å²) in [6, 6.07) is 13.9. The smallest absolute Gasteiger partial charge is 0.417 e. The molecule has 0 aliphatic rings. The molecular formula is C23H27F3N2O2. The predicted molar refractivity (Wildman–Crippen MR) is 110 cm³/mol. The Balaban J connectivity index is 0.00000218. The second-order valence-electron chi connectivity index (χ2n) is 6.76. The van der Waals surface area contributed by atoms with Gasteiger partial charge in [0.15, 0.2) is 6.10 Å². The van der Waals surface area contributed by atoms with E-state index in [9.17, 15) is 18.0 Å². The molecule has 0 bridgehead atoms. The van der Waals surface area contributed by atoms with Gasteiger partial charge in [0.1, 0.15) is 5.75 Å². The topological polar surface area (TPSA) is 62.1 Å². The van der Waals surface area contributed by atoms with Gasteiger partial charge in [-0.05, 0) is 36.1 Å². The lowest BCUT2D eigenvalue weighted by Gasteiger charge is -2.21. The van der Waals surface area contributed by atoms with Crippen LogP contribution in [0.15, 0.2) is 48.5 Å². The van der Waals surface area contributed by atoms with Gasteiger partial charge in [0, 0.05) is 6.54 Å². The van der Waals surface area contributed by atoms with E-state index >= 15 is 0 Å². The van der Waals surface area contributed by atoms with Crippen LogP contribution in [0.25, 0.3) is 0 Å². The van der Waals surface area contributed by atoms with Crippen LogP contribution in [0.1, 0.15) is 50.8 Å². The highest BCUT2D eigenvalue weighted by molar-refractivity contribution is 5.81. The first-order valence-electron chi connectivity index (χ1n) is 9.80. The van der Waals surface area contributed by atoms with Crippen molar-refractivity contribution in [1.82, 2.24) is 5.32 Å². The van der Waals surface area contributed by atoms with Crippen LogP contribution in [-0.4, -0.2) is 12.0 Å². The number of carbonyl (C=O) groups is 1. The highest BCUT2D eigenvalue weighted by atomic mass is 19.4. The minimum absolute atomic E-state index is 0.0907. The van der Waals surface area contributed by atoms with E-state index in [4.69, 9.17) is 10.00 Å². The molecule has 162 valence electrons. The monoisotopic (exact) mass is 420 g/mol. The number of nitrogens with zero attached hydrogens (tertiary/aromatic N) is 1. The third-order valence-corrected chi connectivity index (χ3v) is 3.98. The number of nitriles is 1. The number of amides is 1. The summed E-state index contributed by atoms with van der Waals surface area (Å²) in [5.41, 5.74) is -0.675. The Hall–Kier alpha value is -3.01. The molecule has 1 amide bonds. The number of benzene rings is 2. The Morgan fingerprint density at radius 2 is 1.77 bits per heavy atom. The van der Waals surface area contributed by atoms with E-state index in [1.54, 1.807) is 0 Å². The number of nitrogens with one attached hydrogen (secondary N) is 1. The molecule has 0 fully saturated rings. The van der Waals surface area contributed by atoms with E-state index in [0.717, 1.165) is 17.7 Å². The SMILES string of the molecule is CC.CC(C)CC(Oc1ccc(C#N)c(C(F)(F)F)c1)C(=O)NCc1ccccc1. The van der Waals surface area contributed by atoms with Crippen LogP contribution in [-0.2, 0) is 17.5 Å². The van der Waals surface area contributed by atoms with Crippen LogP contribution in [0, 0.1) is 17.2 Å². The number of hydrogen-bond acceptors (Lipinski definition) is 3. The van der Waals surface area contributed by atoms with Gasteiger partial charge >= 0.3 is 6.18 Å². The number of rotatable bonds is 7. The number of carbonyl (C=O) groups excluding carboxylic acids is 1. The summed E-state index contributed by atoms with van der Waals surface area (Å²) < 4.78 is 45.0. The third kappa shape index (κ3) is 7.78. The van der Waals surface area contributed by atoms with Crippen molar-refractivity contribution < 1.29 is 22.7 Å². The Labute approximate surface area is 175 Å². The van der Waals surface area contributed by atoms with Crippen molar-refractivity contribution in [3.63, 3.8) is 0 Å². The van der Waals surface area contributed by atoms with Crippen LogP contribution < -0.4 is 10.1 Å². The summed E-state index contributed by atoms with van der Waals surface area (Å²) in [5, 5.41) is 11.6. The van der Waals surface area contributed by atoms with Crippen molar-refractivity contribution in [2.45, 2.75) is 52.9 Å². The summed E-state index contributed by atoms with van der Waals surface area (Å²) in [6.45, 7) is 8.07. The first kappa shape index (κ1) is 25.0. The number of hydrogen-bond donors (Lipinski definition) is 1. The maximum absolute atomic E-state index is 13.1. The normalized spacial score (nSPS) is 11.7. The van der Waals surface area contributed by atoms with Gasteiger partial charge in [0.25, 0.3) is 5.91 Å². The molecule has 4 nitrogen and oxygen atoms in total. The van der Waals surface area contributed by atoms with E-state index in [1.165, 1.54) is 12.1 Å². The Morgan fingerprint density at radius 3 is 2.30 bits per heavy atom. The van der Waals surface area contributed by atoms with E-state index in [0.29, 0.717) is 13.0 Å². The molecule has 7 heteroatoms. The molecule has 1 N–H and O–H groups in total. The quantitative estimate of drug-likeness (QED) is 0.624. The zero-order valence-electron chi connectivity index (χ0n) is 17.6.